The maximum absolute atomic E-state index is 14.0. The van der Waals surface area contributed by atoms with Gasteiger partial charge >= 0.3 is 0 Å². The molecule has 2 atom stereocenters. The number of hydrogen-bond donors (Lipinski definition) is 0. The molecule has 192 valence electrons. The summed E-state index contributed by atoms with van der Waals surface area (Å²) in [4.78, 5) is 19.4. The lowest BCUT2D eigenvalue weighted by atomic mass is 9.90. The number of hydrogen-bond acceptors (Lipinski definition) is 6. The number of benzene rings is 1. The van der Waals surface area contributed by atoms with Gasteiger partial charge in [0.15, 0.2) is 11.6 Å². The van der Waals surface area contributed by atoms with Crippen LogP contribution in [0, 0.1) is 24.5 Å². The largest absolute Gasteiger partial charge is 0.383 e. The van der Waals surface area contributed by atoms with Crippen LogP contribution >= 0.6 is 0 Å². The highest BCUT2D eigenvalue weighted by Gasteiger charge is 2.37. The predicted octanol–water partition coefficient (Wildman–Crippen LogP) is 3.96. The monoisotopic (exact) mass is 499 g/mol. The van der Waals surface area contributed by atoms with Crippen LogP contribution in [0.5, 0.6) is 0 Å². The van der Waals surface area contributed by atoms with Crippen molar-refractivity contribution in [2.75, 3.05) is 26.8 Å². The number of carbonyl (C=O) groups is 1. The van der Waals surface area contributed by atoms with Gasteiger partial charge in [-0.1, -0.05) is 6.07 Å². The second-order valence-electron chi connectivity index (χ2n) is 9.76. The normalized spacial score (nSPS) is 20.4. The summed E-state index contributed by atoms with van der Waals surface area (Å²) in [5.74, 6) is -1.97. The average molecular weight is 500 g/mol. The van der Waals surface area contributed by atoms with Crippen LogP contribution in [-0.2, 0) is 27.8 Å². The van der Waals surface area contributed by atoms with E-state index < -0.39 is 17.7 Å². The third-order valence-corrected chi connectivity index (χ3v) is 6.94. The number of aromatic nitrogens is 4. The van der Waals surface area contributed by atoms with Crippen LogP contribution in [-0.4, -0.2) is 57.2 Å². The summed E-state index contributed by atoms with van der Waals surface area (Å²) in [7, 11) is 3.47. The number of aryl methyl sites for hydroxylation is 1. The Morgan fingerprint density at radius 1 is 1.25 bits per heavy atom. The van der Waals surface area contributed by atoms with Crippen molar-refractivity contribution in [1.29, 1.82) is 0 Å². The highest BCUT2D eigenvalue weighted by atomic mass is 19.2. The van der Waals surface area contributed by atoms with Crippen molar-refractivity contribution in [1.82, 2.24) is 24.6 Å². The minimum absolute atomic E-state index is 0.0624. The first-order valence-electron chi connectivity index (χ1n) is 12.3. The van der Waals surface area contributed by atoms with E-state index in [1.54, 1.807) is 23.1 Å². The minimum atomic E-state index is -0.927. The molecule has 5 rings (SSSR count). The highest BCUT2D eigenvalue weighted by molar-refractivity contribution is 5.82. The maximum atomic E-state index is 14.0. The first-order chi connectivity index (χ1) is 17.3. The van der Waals surface area contributed by atoms with Gasteiger partial charge in [-0.3, -0.25) is 19.0 Å². The van der Waals surface area contributed by atoms with E-state index in [0.29, 0.717) is 31.3 Å². The number of hydroxylamine groups is 2. The van der Waals surface area contributed by atoms with Crippen molar-refractivity contribution in [3.63, 3.8) is 0 Å². The number of ether oxygens (including phenoxy) is 1. The molecule has 1 aliphatic carbocycles. The van der Waals surface area contributed by atoms with Crippen molar-refractivity contribution in [2.45, 2.75) is 44.8 Å². The van der Waals surface area contributed by atoms with Gasteiger partial charge in [-0.05, 0) is 43.0 Å². The SMILES string of the molecule is COCCN1C[C@@H](CC(=O)Cc2c(C)c(-c3cnn(C)c3)nn2C2CC2)[C@H](c2ccc(F)c(F)c2)O1. The molecule has 0 spiro atoms. The van der Waals surface area contributed by atoms with Crippen LogP contribution in [0.15, 0.2) is 30.6 Å². The Hall–Kier alpha value is -2.95. The zero-order valence-corrected chi connectivity index (χ0v) is 20.8. The Bertz CT molecular complexity index is 1250. The van der Waals surface area contributed by atoms with Gasteiger partial charge in [-0.25, -0.2) is 8.78 Å². The average Bonchev–Trinajstić information content (AvgIpc) is 3.36. The molecule has 0 N–H and O–H groups in total. The van der Waals surface area contributed by atoms with Crippen LogP contribution in [0.2, 0.25) is 0 Å². The van der Waals surface area contributed by atoms with E-state index in [2.05, 4.69) is 5.10 Å². The molecule has 2 aromatic heterocycles. The number of nitrogens with zero attached hydrogens (tertiary/aromatic N) is 5. The fourth-order valence-corrected chi connectivity index (χ4v) is 4.93. The molecule has 8 nitrogen and oxygen atoms in total. The van der Waals surface area contributed by atoms with Gasteiger partial charge < -0.3 is 4.74 Å². The van der Waals surface area contributed by atoms with Crippen molar-refractivity contribution in [2.24, 2.45) is 13.0 Å². The molecule has 2 fully saturated rings. The van der Waals surface area contributed by atoms with Crippen LogP contribution in [0.4, 0.5) is 8.78 Å². The molecule has 1 saturated carbocycles. The predicted molar refractivity (Wildman–Crippen MR) is 128 cm³/mol. The smallest absolute Gasteiger partial charge is 0.159 e. The molecule has 0 amide bonds. The standard InChI is InChI=1S/C26H31F2N5O3/c1-16-24(33(20-5-6-20)30-25(16)19-13-29-31(2)14-19)12-21(34)10-18-15-32(8-9-35-3)36-26(18)17-4-7-22(27)23(28)11-17/h4,7,11,13-14,18,20,26H,5-6,8-10,12,15H2,1-3H3/t18-,26+/m1/s1. The molecular weight excluding hydrogens is 468 g/mol. The molecule has 3 heterocycles. The number of methoxy groups -OCH3 is 1. The number of carbonyl (C=O) groups excluding carboxylic acids is 1. The quantitative estimate of drug-likeness (QED) is 0.421. The van der Waals surface area contributed by atoms with Gasteiger partial charge in [0, 0.05) is 63.5 Å². The molecule has 36 heavy (non-hydrogen) atoms. The van der Waals surface area contributed by atoms with E-state index >= 15 is 0 Å². The molecule has 0 radical (unpaired) electrons. The van der Waals surface area contributed by atoms with E-state index in [0.717, 1.165) is 47.5 Å². The summed E-state index contributed by atoms with van der Waals surface area (Å²) < 4.78 is 36.4. The van der Waals surface area contributed by atoms with Gasteiger partial charge in [0.2, 0.25) is 0 Å². The van der Waals surface area contributed by atoms with Gasteiger partial charge in [0.1, 0.15) is 11.9 Å². The zero-order valence-electron chi connectivity index (χ0n) is 20.8. The fourth-order valence-electron chi connectivity index (χ4n) is 4.93. The summed E-state index contributed by atoms with van der Waals surface area (Å²) in [6.07, 6.45) is 5.79. The topological polar surface area (TPSA) is 74.4 Å². The molecule has 0 bridgehead atoms. The number of Topliss-reactive ketones (excluding diaryl/α,β-unsaturated/α-hetero) is 1. The van der Waals surface area contributed by atoms with Gasteiger partial charge in [-0.2, -0.15) is 15.3 Å². The molecule has 0 unspecified atom stereocenters. The Morgan fingerprint density at radius 3 is 2.72 bits per heavy atom. The Labute approximate surface area is 208 Å². The van der Waals surface area contributed by atoms with Gasteiger partial charge in [-0.15, -0.1) is 0 Å². The van der Waals surface area contributed by atoms with Crippen molar-refractivity contribution in [3.8, 4) is 11.3 Å². The first-order valence-corrected chi connectivity index (χ1v) is 12.3. The van der Waals surface area contributed by atoms with Crippen molar-refractivity contribution in [3.05, 3.63) is 59.0 Å². The van der Waals surface area contributed by atoms with Crippen LogP contribution in [0.1, 0.15) is 48.2 Å². The Balaban J connectivity index is 1.36. The van der Waals surface area contributed by atoms with E-state index in [1.165, 1.54) is 6.07 Å². The Kier molecular flexibility index (Phi) is 7.00. The Morgan fingerprint density at radius 2 is 2.06 bits per heavy atom. The van der Waals surface area contributed by atoms with Crippen LogP contribution < -0.4 is 0 Å². The van der Waals surface area contributed by atoms with Gasteiger partial charge in [0.25, 0.3) is 0 Å². The number of halogens is 2. The maximum Gasteiger partial charge on any atom is 0.159 e. The second kappa shape index (κ2) is 10.2. The molecule has 2 aliphatic rings. The first kappa shape index (κ1) is 24.7. The van der Waals surface area contributed by atoms with Crippen LogP contribution in [0.3, 0.4) is 0 Å². The molecule has 1 aliphatic heterocycles. The number of ketones is 1. The summed E-state index contributed by atoms with van der Waals surface area (Å²) in [6, 6.07) is 4.10. The summed E-state index contributed by atoms with van der Waals surface area (Å²) >= 11 is 0. The van der Waals surface area contributed by atoms with E-state index in [4.69, 9.17) is 14.7 Å². The molecule has 3 aromatic rings. The molecule has 10 heteroatoms. The lowest BCUT2D eigenvalue weighted by Crippen LogP contribution is -2.24. The molecule has 1 saturated heterocycles. The van der Waals surface area contributed by atoms with Crippen molar-refractivity contribution >= 4 is 5.78 Å². The fraction of sp³-hybridized carbons (Fsp3) is 0.500. The minimum Gasteiger partial charge on any atom is -0.383 e. The third-order valence-electron chi connectivity index (χ3n) is 6.94. The van der Waals surface area contributed by atoms with E-state index in [1.807, 2.05) is 24.9 Å². The van der Waals surface area contributed by atoms with E-state index in [9.17, 15) is 13.6 Å². The van der Waals surface area contributed by atoms with Crippen molar-refractivity contribution < 1.29 is 23.1 Å². The second-order valence-corrected chi connectivity index (χ2v) is 9.76. The third kappa shape index (κ3) is 5.11. The van der Waals surface area contributed by atoms with Gasteiger partial charge in [0.05, 0.1) is 24.5 Å². The zero-order chi connectivity index (χ0) is 25.4. The number of rotatable bonds is 10. The lowest BCUT2D eigenvalue weighted by molar-refractivity contribution is -0.155. The lowest BCUT2D eigenvalue weighted by Gasteiger charge is -2.18. The summed E-state index contributed by atoms with van der Waals surface area (Å²) in [5.41, 5.74) is 4.22. The highest BCUT2D eigenvalue weighted by Crippen LogP contribution is 2.40. The molecular formula is C26H31F2N5O3. The summed E-state index contributed by atoms with van der Waals surface area (Å²) in [6.45, 7) is 3.48. The molecule has 1 aromatic carbocycles. The summed E-state index contributed by atoms with van der Waals surface area (Å²) in [5, 5.41) is 10.9. The van der Waals surface area contributed by atoms with Crippen LogP contribution in [0.25, 0.3) is 11.3 Å². The van der Waals surface area contributed by atoms with E-state index in [-0.39, 0.29) is 24.5 Å².